The van der Waals surface area contributed by atoms with Crippen molar-refractivity contribution in [2.75, 3.05) is 39.3 Å². The molecule has 0 unspecified atom stereocenters. The second kappa shape index (κ2) is 13.7. The molecule has 2 aromatic heterocycles. The topological polar surface area (TPSA) is 67.1 Å². The van der Waals surface area contributed by atoms with E-state index >= 15 is 0 Å². The highest BCUT2D eigenvalue weighted by Crippen LogP contribution is 2.42. The molecule has 0 radical (unpaired) electrons. The maximum atomic E-state index is 4.49. The van der Waals surface area contributed by atoms with E-state index in [4.69, 9.17) is 0 Å². The van der Waals surface area contributed by atoms with Gasteiger partial charge in [-0.1, -0.05) is 50.5 Å². The Hall–Kier alpha value is -2.48. The normalized spacial score (nSPS) is 20.6. The average molecular weight is 558 g/mol. The van der Waals surface area contributed by atoms with Crippen LogP contribution in [-0.4, -0.2) is 79.9 Å². The van der Waals surface area contributed by atoms with E-state index in [-0.39, 0.29) is 0 Å². The summed E-state index contributed by atoms with van der Waals surface area (Å²) in [5.41, 5.74) is 3.44. The number of aromatic nitrogens is 4. The van der Waals surface area contributed by atoms with Crippen LogP contribution in [0.2, 0.25) is 0 Å². The third-order valence-electron chi connectivity index (χ3n) is 10.3. The predicted molar refractivity (Wildman–Crippen MR) is 165 cm³/mol. The second-order valence-corrected chi connectivity index (χ2v) is 13.3. The molecule has 6 rings (SSSR count). The quantitative estimate of drug-likeness (QED) is 0.300. The summed E-state index contributed by atoms with van der Waals surface area (Å²) in [5.74, 6) is 2.56. The van der Waals surface area contributed by atoms with Crippen molar-refractivity contribution in [3.8, 4) is 0 Å². The summed E-state index contributed by atoms with van der Waals surface area (Å²) in [6, 6.07) is 10.4. The van der Waals surface area contributed by atoms with Crippen LogP contribution in [0.3, 0.4) is 0 Å². The van der Waals surface area contributed by atoms with Gasteiger partial charge in [0.05, 0.1) is 0 Å². The highest BCUT2D eigenvalue weighted by atomic mass is 15.2. The van der Waals surface area contributed by atoms with Crippen LogP contribution in [0.4, 0.5) is 0 Å². The van der Waals surface area contributed by atoms with Crippen molar-refractivity contribution < 1.29 is 0 Å². The van der Waals surface area contributed by atoms with E-state index in [1.807, 2.05) is 24.8 Å². The molecule has 7 nitrogen and oxygen atoms in total. The first-order chi connectivity index (χ1) is 20.2. The molecular formula is C34H51N7. The van der Waals surface area contributed by atoms with E-state index in [0.29, 0.717) is 11.3 Å². The third-order valence-corrected chi connectivity index (χ3v) is 10.3. The Morgan fingerprint density at radius 1 is 0.878 bits per heavy atom. The summed E-state index contributed by atoms with van der Waals surface area (Å²) in [6.07, 6.45) is 20.9. The lowest BCUT2D eigenvalue weighted by molar-refractivity contribution is 0.0615. The lowest BCUT2D eigenvalue weighted by Gasteiger charge is -2.43. The third kappa shape index (κ3) is 7.68. The SMILES string of the molecule is CCN(Cc1ccc(CN2CCC3(CCN(C4CCCCC4)CC3)C2)cc1)CC(Cc1ncc[nH]1)Cc1ncc[nH]1. The number of hydrogen-bond acceptors (Lipinski definition) is 5. The van der Waals surface area contributed by atoms with E-state index in [0.717, 1.165) is 56.7 Å². The smallest absolute Gasteiger partial charge is 0.106 e. The first kappa shape index (κ1) is 28.6. The molecule has 3 aliphatic rings. The van der Waals surface area contributed by atoms with E-state index < -0.39 is 0 Å². The number of imidazole rings is 2. The van der Waals surface area contributed by atoms with E-state index in [2.05, 4.69) is 65.8 Å². The molecule has 1 aliphatic carbocycles. The number of likely N-dealkylation sites (tertiary alicyclic amines) is 2. The Balaban J connectivity index is 0.986. The van der Waals surface area contributed by atoms with Gasteiger partial charge in [-0.25, -0.2) is 9.97 Å². The lowest BCUT2D eigenvalue weighted by atomic mass is 9.77. The van der Waals surface area contributed by atoms with Gasteiger partial charge in [0.25, 0.3) is 0 Å². The fourth-order valence-electron chi connectivity index (χ4n) is 7.88. The van der Waals surface area contributed by atoms with Gasteiger partial charge in [0, 0.05) is 69.8 Å². The lowest BCUT2D eigenvalue weighted by Crippen LogP contribution is -2.46. The summed E-state index contributed by atoms with van der Waals surface area (Å²) in [5, 5.41) is 0. The minimum Gasteiger partial charge on any atom is -0.349 e. The fraction of sp³-hybridized carbons (Fsp3) is 0.647. The molecule has 0 bridgehead atoms. The summed E-state index contributed by atoms with van der Waals surface area (Å²) in [7, 11) is 0. The molecule has 41 heavy (non-hydrogen) atoms. The summed E-state index contributed by atoms with van der Waals surface area (Å²) in [4.78, 5) is 23.7. The van der Waals surface area contributed by atoms with Crippen LogP contribution in [0, 0.1) is 11.3 Å². The van der Waals surface area contributed by atoms with Gasteiger partial charge in [-0.15, -0.1) is 0 Å². The Labute approximate surface area is 247 Å². The van der Waals surface area contributed by atoms with Crippen molar-refractivity contribution in [3.05, 3.63) is 71.8 Å². The molecule has 0 atom stereocenters. The van der Waals surface area contributed by atoms with Crippen LogP contribution in [0.1, 0.15) is 81.1 Å². The zero-order chi connectivity index (χ0) is 27.9. The number of piperidine rings is 1. The molecule has 1 saturated carbocycles. The molecule has 222 valence electrons. The largest absolute Gasteiger partial charge is 0.349 e. The molecule has 2 N–H and O–H groups in total. The summed E-state index contributed by atoms with van der Waals surface area (Å²) >= 11 is 0. The van der Waals surface area contributed by atoms with E-state index in [1.165, 1.54) is 88.7 Å². The molecule has 2 aliphatic heterocycles. The van der Waals surface area contributed by atoms with Gasteiger partial charge in [-0.2, -0.15) is 0 Å². The number of aromatic amines is 2. The van der Waals surface area contributed by atoms with Gasteiger partial charge in [-0.3, -0.25) is 9.80 Å². The second-order valence-electron chi connectivity index (χ2n) is 13.3. The Bertz CT molecular complexity index is 1110. The minimum absolute atomic E-state index is 0.448. The Morgan fingerprint density at radius 3 is 2.12 bits per heavy atom. The molecule has 1 spiro atoms. The standard InChI is InChI=1S/C34H51N7/c1-2-39(26-30(22-32-35-15-16-36-32)23-33-37-17-18-38-33)24-28-8-10-29(11-9-28)25-40-19-12-34(27-40)13-20-41(21-14-34)31-6-4-3-5-7-31/h8-11,15-18,30-31H,2-7,12-14,19-27H2,1H3,(H,35,36)(H,37,38). The molecule has 0 amide bonds. The maximum Gasteiger partial charge on any atom is 0.106 e. The predicted octanol–water partition coefficient (Wildman–Crippen LogP) is 5.68. The Kier molecular flexibility index (Phi) is 9.54. The maximum absolute atomic E-state index is 4.49. The van der Waals surface area contributed by atoms with Crippen molar-refractivity contribution in [3.63, 3.8) is 0 Å². The first-order valence-electron chi connectivity index (χ1n) is 16.4. The molecule has 1 aromatic carbocycles. The van der Waals surface area contributed by atoms with Crippen molar-refractivity contribution in [1.82, 2.24) is 34.6 Å². The number of nitrogens with zero attached hydrogens (tertiary/aromatic N) is 5. The zero-order valence-corrected chi connectivity index (χ0v) is 25.2. The molecule has 3 fully saturated rings. The van der Waals surface area contributed by atoms with Crippen LogP contribution < -0.4 is 0 Å². The Morgan fingerprint density at radius 2 is 1.51 bits per heavy atom. The van der Waals surface area contributed by atoms with Crippen LogP contribution in [0.15, 0.2) is 49.1 Å². The van der Waals surface area contributed by atoms with E-state index in [9.17, 15) is 0 Å². The van der Waals surface area contributed by atoms with Crippen LogP contribution >= 0.6 is 0 Å². The molecular weight excluding hydrogens is 506 g/mol. The molecule has 7 heteroatoms. The summed E-state index contributed by atoms with van der Waals surface area (Å²) in [6.45, 7) is 11.6. The van der Waals surface area contributed by atoms with Crippen LogP contribution in [0.25, 0.3) is 0 Å². The molecule has 4 heterocycles. The monoisotopic (exact) mass is 557 g/mol. The highest BCUT2D eigenvalue weighted by molar-refractivity contribution is 5.23. The molecule has 3 aromatic rings. The van der Waals surface area contributed by atoms with Gasteiger partial charge in [0.1, 0.15) is 11.6 Å². The summed E-state index contributed by atoms with van der Waals surface area (Å²) < 4.78 is 0. The average Bonchev–Trinajstić information content (AvgIpc) is 3.79. The van der Waals surface area contributed by atoms with Crippen molar-refractivity contribution >= 4 is 0 Å². The van der Waals surface area contributed by atoms with Crippen LogP contribution in [-0.2, 0) is 25.9 Å². The van der Waals surface area contributed by atoms with Gasteiger partial charge >= 0.3 is 0 Å². The number of nitrogens with one attached hydrogen (secondary N) is 2. The number of H-pyrrole nitrogens is 2. The van der Waals surface area contributed by atoms with Gasteiger partial charge in [-0.05, 0) is 80.7 Å². The first-order valence-corrected chi connectivity index (χ1v) is 16.4. The van der Waals surface area contributed by atoms with E-state index in [1.54, 1.807) is 0 Å². The highest BCUT2D eigenvalue weighted by Gasteiger charge is 2.41. The number of hydrogen-bond donors (Lipinski definition) is 2. The number of benzene rings is 1. The van der Waals surface area contributed by atoms with Gasteiger partial charge < -0.3 is 14.9 Å². The van der Waals surface area contributed by atoms with Gasteiger partial charge in [0.15, 0.2) is 0 Å². The fourth-order valence-corrected chi connectivity index (χ4v) is 7.88. The van der Waals surface area contributed by atoms with Gasteiger partial charge in [0.2, 0.25) is 0 Å². The van der Waals surface area contributed by atoms with Crippen molar-refractivity contribution in [2.45, 2.75) is 90.3 Å². The van der Waals surface area contributed by atoms with Crippen molar-refractivity contribution in [2.24, 2.45) is 11.3 Å². The number of rotatable bonds is 12. The van der Waals surface area contributed by atoms with Crippen LogP contribution in [0.5, 0.6) is 0 Å². The zero-order valence-electron chi connectivity index (χ0n) is 25.2. The minimum atomic E-state index is 0.448. The van der Waals surface area contributed by atoms with Crippen molar-refractivity contribution in [1.29, 1.82) is 0 Å². The molecule has 2 saturated heterocycles.